The van der Waals surface area contributed by atoms with Crippen molar-refractivity contribution in [2.24, 2.45) is 17.6 Å². The quantitative estimate of drug-likeness (QED) is 0.732. The van der Waals surface area contributed by atoms with E-state index in [1.54, 1.807) is 4.90 Å². The molecule has 0 aliphatic carbocycles. The first kappa shape index (κ1) is 19.7. The molecule has 0 saturated carbocycles. The van der Waals surface area contributed by atoms with Gasteiger partial charge in [0.25, 0.3) is 0 Å². The van der Waals surface area contributed by atoms with E-state index in [4.69, 9.17) is 10.5 Å². The average molecular weight is 327 g/mol. The molecule has 0 bridgehead atoms. The molecule has 0 radical (unpaired) electrons. The second-order valence-electron chi connectivity index (χ2n) is 7.52. The maximum absolute atomic E-state index is 12.1. The van der Waals surface area contributed by atoms with Gasteiger partial charge in [-0.15, -0.1) is 0 Å². The predicted octanol–water partition coefficient (Wildman–Crippen LogP) is 2.12. The first-order chi connectivity index (χ1) is 10.7. The second kappa shape index (κ2) is 9.11. The molecule has 0 spiro atoms. The Morgan fingerprint density at radius 3 is 2.43 bits per heavy atom. The molecule has 1 saturated heterocycles. The van der Waals surface area contributed by atoms with E-state index in [9.17, 15) is 9.59 Å². The van der Waals surface area contributed by atoms with Gasteiger partial charge in [0.05, 0.1) is 0 Å². The van der Waals surface area contributed by atoms with Crippen molar-refractivity contribution in [3.63, 3.8) is 0 Å². The second-order valence-corrected chi connectivity index (χ2v) is 7.52. The Morgan fingerprint density at radius 2 is 1.91 bits per heavy atom. The van der Waals surface area contributed by atoms with Crippen LogP contribution in [0.3, 0.4) is 0 Å². The fourth-order valence-electron chi connectivity index (χ4n) is 2.58. The van der Waals surface area contributed by atoms with Gasteiger partial charge < -0.3 is 20.7 Å². The zero-order valence-corrected chi connectivity index (χ0v) is 15.1. The molecule has 0 aromatic carbocycles. The Kier molecular flexibility index (Phi) is 7.82. The van der Waals surface area contributed by atoms with Crippen LogP contribution in [0.25, 0.3) is 0 Å². The van der Waals surface area contributed by atoms with Gasteiger partial charge in [0, 0.05) is 25.6 Å². The summed E-state index contributed by atoms with van der Waals surface area (Å²) in [7, 11) is 0. The Hall–Kier alpha value is -1.30. The van der Waals surface area contributed by atoms with Crippen LogP contribution in [-0.4, -0.2) is 48.7 Å². The predicted molar refractivity (Wildman–Crippen MR) is 91.0 cm³/mol. The standard InChI is InChI=1S/C17H33N3O3/c1-13(12-18)6-5-9-19-15(21)14-7-10-20(11-8-14)16(22)23-17(2,3)4/h13-14H,5-12,18H2,1-4H3,(H,19,21)/t13-/m1/s1. The third-order valence-corrected chi connectivity index (χ3v) is 4.09. The number of hydrogen-bond acceptors (Lipinski definition) is 4. The van der Waals surface area contributed by atoms with E-state index >= 15 is 0 Å². The van der Waals surface area contributed by atoms with Gasteiger partial charge in [-0.2, -0.15) is 0 Å². The van der Waals surface area contributed by atoms with Crippen LogP contribution in [0.4, 0.5) is 4.79 Å². The number of nitrogens with zero attached hydrogens (tertiary/aromatic N) is 1. The third kappa shape index (κ3) is 7.68. The van der Waals surface area contributed by atoms with Crippen LogP contribution in [0.15, 0.2) is 0 Å². The number of nitrogens with two attached hydrogens (primary N) is 1. The first-order valence-corrected chi connectivity index (χ1v) is 8.68. The summed E-state index contributed by atoms with van der Waals surface area (Å²) in [5.74, 6) is 0.610. The largest absolute Gasteiger partial charge is 0.444 e. The highest BCUT2D eigenvalue weighted by Gasteiger charge is 2.29. The molecule has 134 valence electrons. The van der Waals surface area contributed by atoms with E-state index < -0.39 is 5.60 Å². The summed E-state index contributed by atoms with van der Waals surface area (Å²) in [6.07, 6.45) is 3.11. The van der Waals surface area contributed by atoms with Gasteiger partial charge in [-0.3, -0.25) is 4.79 Å². The van der Waals surface area contributed by atoms with Gasteiger partial charge in [0.2, 0.25) is 5.91 Å². The van der Waals surface area contributed by atoms with Crippen molar-refractivity contribution in [1.82, 2.24) is 10.2 Å². The molecule has 3 N–H and O–H groups in total. The number of piperidine rings is 1. The van der Waals surface area contributed by atoms with Crippen LogP contribution in [0.2, 0.25) is 0 Å². The zero-order chi connectivity index (χ0) is 17.5. The highest BCUT2D eigenvalue weighted by atomic mass is 16.6. The highest BCUT2D eigenvalue weighted by Crippen LogP contribution is 2.19. The number of carbonyl (C=O) groups is 2. The van der Waals surface area contributed by atoms with Gasteiger partial charge in [0.1, 0.15) is 5.60 Å². The van der Waals surface area contributed by atoms with Crippen molar-refractivity contribution in [3.8, 4) is 0 Å². The van der Waals surface area contributed by atoms with Crippen LogP contribution in [-0.2, 0) is 9.53 Å². The molecule has 1 fully saturated rings. The molecule has 0 aromatic heterocycles. The van der Waals surface area contributed by atoms with E-state index in [1.807, 2.05) is 20.8 Å². The fraction of sp³-hybridized carbons (Fsp3) is 0.882. The van der Waals surface area contributed by atoms with Gasteiger partial charge in [0.15, 0.2) is 0 Å². The molecule has 1 rings (SSSR count). The molecule has 1 atom stereocenters. The minimum atomic E-state index is -0.480. The molecule has 2 amide bonds. The molecule has 6 heteroatoms. The molecule has 0 unspecified atom stereocenters. The number of likely N-dealkylation sites (tertiary alicyclic amines) is 1. The third-order valence-electron chi connectivity index (χ3n) is 4.09. The van der Waals surface area contributed by atoms with Crippen molar-refractivity contribution < 1.29 is 14.3 Å². The molecule has 1 aliphatic heterocycles. The summed E-state index contributed by atoms with van der Waals surface area (Å²) < 4.78 is 5.36. The number of rotatable bonds is 6. The summed E-state index contributed by atoms with van der Waals surface area (Å²) in [5.41, 5.74) is 5.10. The Bertz CT molecular complexity index is 385. The van der Waals surface area contributed by atoms with E-state index in [1.165, 1.54) is 0 Å². The summed E-state index contributed by atoms with van der Waals surface area (Å²) in [5, 5.41) is 3.00. The van der Waals surface area contributed by atoms with Crippen LogP contribution >= 0.6 is 0 Å². The first-order valence-electron chi connectivity index (χ1n) is 8.68. The molecular formula is C17H33N3O3. The highest BCUT2D eigenvalue weighted by molar-refractivity contribution is 5.79. The summed E-state index contributed by atoms with van der Waals surface area (Å²) in [6.45, 7) is 10.2. The fourth-order valence-corrected chi connectivity index (χ4v) is 2.58. The summed E-state index contributed by atoms with van der Waals surface area (Å²) in [4.78, 5) is 25.8. The lowest BCUT2D eigenvalue weighted by atomic mass is 9.96. The SMILES string of the molecule is C[C@@H](CN)CCCNC(=O)C1CCN(C(=O)OC(C)(C)C)CC1. The molecule has 1 aliphatic rings. The molecule has 6 nitrogen and oxygen atoms in total. The lowest BCUT2D eigenvalue weighted by Gasteiger charge is -2.32. The van der Waals surface area contributed by atoms with Crippen LogP contribution in [0.1, 0.15) is 53.4 Å². The van der Waals surface area contributed by atoms with E-state index in [2.05, 4.69) is 12.2 Å². The number of nitrogens with one attached hydrogen (secondary N) is 1. The van der Waals surface area contributed by atoms with Gasteiger partial charge in [-0.1, -0.05) is 6.92 Å². The molecular weight excluding hydrogens is 294 g/mol. The smallest absolute Gasteiger partial charge is 0.410 e. The topological polar surface area (TPSA) is 84.7 Å². The minimum Gasteiger partial charge on any atom is -0.444 e. The molecule has 23 heavy (non-hydrogen) atoms. The Morgan fingerprint density at radius 1 is 1.30 bits per heavy atom. The minimum absolute atomic E-state index is 0.000573. The van der Waals surface area contributed by atoms with Gasteiger partial charge in [-0.25, -0.2) is 4.79 Å². The number of ether oxygens (including phenoxy) is 1. The van der Waals surface area contributed by atoms with Crippen molar-refractivity contribution in [3.05, 3.63) is 0 Å². The van der Waals surface area contributed by atoms with Crippen LogP contribution in [0.5, 0.6) is 0 Å². The normalized spacial score (nSPS) is 17.7. The van der Waals surface area contributed by atoms with Crippen molar-refractivity contribution in [1.29, 1.82) is 0 Å². The Labute approximate surface area is 140 Å². The van der Waals surface area contributed by atoms with Crippen LogP contribution < -0.4 is 11.1 Å². The molecule has 0 aromatic rings. The number of amides is 2. The Balaban J connectivity index is 2.24. The van der Waals surface area contributed by atoms with E-state index in [-0.39, 0.29) is 17.9 Å². The van der Waals surface area contributed by atoms with Crippen molar-refractivity contribution in [2.45, 2.75) is 59.0 Å². The van der Waals surface area contributed by atoms with E-state index in [0.29, 0.717) is 44.9 Å². The van der Waals surface area contributed by atoms with Crippen LogP contribution in [0, 0.1) is 11.8 Å². The monoisotopic (exact) mass is 327 g/mol. The van der Waals surface area contributed by atoms with Crippen molar-refractivity contribution >= 4 is 12.0 Å². The lowest BCUT2D eigenvalue weighted by molar-refractivity contribution is -0.126. The lowest BCUT2D eigenvalue weighted by Crippen LogP contribution is -2.45. The number of carbonyl (C=O) groups excluding carboxylic acids is 2. The maximum Gasteiger partial charge on any atom is 0.410 e. The van der Waals surface area contributed by atoms with Gasteiger partial charge >= 0.3 is 6.09 Å². The van der Waals surface area contributed by atoms with E-state index in [0.717, 1.165) is 12.8 Å². The number of hydrogen-bond donors (Lipinski definition) is 2. The average Bonchev–Trinajstić information content (AvgIpc) is 2.49. The summed E-state index contributed by atoms with van der Waals surface area (Å²) in [6, 6.07) is 0. The maximum atomic E-state index is 12.1. The van der Waals surface area contributed by atoms with Crippen molar-refractivity contribution in [2.75, 3.05) is 26.2 Å². The zero-order valence-electron chi connectivity index (χ0n) is 15.1. The summed E-state index contributed by atoms with van der Waals surface area (Å²) >= 11 is 0. The molecule has 1 heterocycles. The van der Waals surface area contributed by atoms with Gasteiger partial charge in [-0.05, 0) is 58.9 Å².